The number of carbonyl (C=O) groups excluding carboxylic acids is 2. The van der Waals surface area contributed by atoms with Gasteiger partial charge >= 0.3 is 6.09 Å². The summed E-state index contributed by atoms with van der Waals surface area (Å²) in [7, 11) is 0. The molecule has 26 heavy (non-hydrogen) atoms. The molecule has 144 valence electrons. The molecule has 1 aliphatic rings. The average molecular weight is 360 g/mol. The number of nitrogens with zero attached hydrogens (tertiary/aromatic N) is 1. The second-order valence-electron chi connectivity index (χ2n) is 8.41. The maximum absolute atomic E-state index is 12.2. The van der Waals surface area contributed by atoms with Crippen LogP contribution in [0.4, 0.5) is 10.5 Å². The van der Waals surface area contributed by atoms with Crippen LogP contribution in [0.25, 0.3) is 0 Å². The minimum atomic E-state index is -0.465. The number of carbonyl (C=O) groups is 2. The summed E-state index contributed by atoms with van der Waals surface area (Å²) in [6.07, 6.45) is 1.58. The summed E-state index contributed by atoms with van der Waals surface area (Å²) in [5.74, 6) is 0.379. The molecule has 1 N–H and O–H groups in total. The van der Waals surface area contributed by atoms with Crippen molar-refractivity contribution in [2.45, 2.75) is 65.9 Å². The number of nitrogens with one attached hydrogen (secondary N) is 1. The Balaban J connectivity index is 2.03. The van der Waals surface area contributed by atoms with Crippen LogP contribution in [0.1, 0.15) is 64.5 Å². The van der Waals surface area contributed by atoms with Gasteiger partial charge < -0.3 is 15.0 Å². The van der Waals surface area contributed by atoms with Crippen LogP contribution in [0.15, 0.2) is 18.2 Å². The van der Waals surface area contributed by atoms with E-state index < -0.39 is 5.60 Å². The molecular weight excluding hydrogens is 328 g/mol. The van der Waals surface area contributed by atoms with Crippen molar-refractivity contribution >= 4 is 17.7 Å². The first-order valence-electron chi connectivity index (χ1n) is 9.47. The monoisotopic (exact) mass is 360 g/mol. The Labute approximate surface area is 157 Å². The van der Waals surface area contributed by atoms with Crippen molar-refractivity contribution in [3.63, 3.8) is 0 Å². The van der Waals surface area contributed by atoms with Crippen molar-refractivity contribution in [2.24, 2.45) is 5.92 Å². The fraction of sp³-hybridized carbons (Fsp3) is 0.619. The number of amides is 2. The predicted octanol–water partition coefficient (Wildman–Crippen LogP) is 4.70. The molecule has 5 heteroatoms. The second-order valence-corrected chi connectivity index (χ2v) is 8.41. The van der Waals surface area contributed by atoms with Gasteiger partial charge in [0.25, 0.3) is 0 Å². The summed E-state index contributed by atoms with van der Waals surface area (Å²) in [5, 5.41) is 3.02. The van der Waals surface area contributed by atoms with Gasteiger partial charge in [-0.3, -0.25) is 4.79 Å². The largest absolute Gasteiger partial charge is 0.444 e. The Kier molecular flexibility index (Phi) is 6.32. The Hall–Kier alpha value is -2.04. The lowest BCUT2D eigenvalue weighted by atomic mass is 9.86. The number of anilines is 1. The topological polar surface area (TPSA) is 58.6 Å². The number of likely N-dealkylation sites (tertiary alicyclic amines) is 1. The summed E-state index contributed by atoms with van der Waals surface area (Å²) in [5.41, 5.74) is 2.80. The average Bonchev–Trinajstić information content (AvgIpc) is 2.55. The highest BCUT2D eigenvalue weighted by Gasteiger charge is 2.28. The molecule has 0 radical (unpaired) electrons. The van der Waals surface area contributed by atoms with E-state index in [1.54, 1.807) is 4.90 Å². The predicted molar refractivity (Wildman–Crippen MR) is 104 cm³/mol. The van der Waals surface area contributed by atoms with E-state index in [9.17, 15) is 9.59 Å². The third-order valence-electron chi connectivity index (χ3n) is 4.74. The lowest BCUT2D eigenvalue weighted by Crippen LogP contribution is -2.41. The fourth-order valence-electron chi connectivity index (χ4n) is 3.21. The maximum atomic E-state index is 12.2. The second kappa shape index (κ2) is 8.11. The summed E-state index contributed by atoms with van der Waals surface area (Å²) in [6.45, 7) is 12.9. The van der Waals surface area contributed by atoms with Gasteiger partial charge in [-0.1, -0.05) is 26.0 Å². The first-order valence-corrected chi connectivity index (χ1v) is 9.47. The maximum Gasteiger partial charge on any atom is 0.410 e. The molecule has 2 rings (SSSR count). The quantitative estimate of drug-likeness (QED) is 0.849. The standard InChI is InChI=1S/C21H32N2O3/c1-14(2)19(24)22-18-9-7-8-17(15(18)3)16-10-12-23(13-11-16)20(25)26-21(4,5)6/h7-9,14,16H,10-13H2,1-6H3,(H,22,24). The van der Waals surface area contributed by atoms with E-state index in [0.29, 0.717) is 19.0 Å². The zero-order chi connectivity index (χ0) is 19.5. The zero-order valence-electron chi connectivity index (χ0n) is 16.9. The third kappa shape index (κ3) is 5.23. The lowest BCUT2D eigenvalue weighted by Gasteiger charge is -2.34. The highest BCUT2D eigenvalue weighted by atomic mass is 16.6. The van der Waals surface area contributed by atoms with E-state index >= 15 is 0 Å². The van der Waals surface area contributed by atoms with Crippen molar-refractivity contribution < 1.29 is 14.3 Å². The van der Waals surface area contributed by atoms with Crippen molar-refractivity contribution in [1.82, 2.24) is 4.90 Å². The molecule has 0 atom stereocenters. The van der Waals surface area contributed by atoms with Gasteiger partial charge in [0, 0.05) is 24.7 Å². The third-order valence-corrected chi connectivity index (χ3v) is 4.74. The van der Waals surface area contributed by atoms with E-state index in [1.807, 2.05) is 46.8 Å². The van der Waals surface area contributed by atoms with Crippen molar-refractivity contribution in [3.05, 3.63) is 29.3 Å². The van der Waals surface area contributed by atoms with Gasteiger partial charge in [0.2, 0.25) is 5.91 Å². The highest BCUT2D eigenvalue weighted by molar-refractivity contribution is 5.93. The minimum absolute atomic E-state index is 0.0324. The Morgan fingerprint density at radius 1 is 1.19 bits per heavy atom. The van der Waals surface area contributed by atoms with Gasteiger partial charge in [0.05, 0.1) is 0 Å². The smallest absolute Gasteiger partial charge is 0.410 e. The number of ether oxygens (including phenoxy) is 1. The fourth-order valence-corrected chi connectivity index (χ4v) is 3.21. The molecule has 1 aromatic carbocycles. The van der Waals surface area contributed by atoms with Crippen LogP contribution >= 0.6 is 0 Å². The van der Waals surface area contributed by atoms with Crippen LogP contribution in [-0.2, 0) is 9.53 Å². The van der Waals surface area contributed by atoms with Gasteiger partial charge in [0.15, 0.2) is 0 Å². The van der Waals surface area contributed by atoms with E-state index in [-0.39, 0.29) is 17.9 Å². The van der Waals surface area contributed by atoms with Crippen molar-refractivity contribution in [3.8, 4) is 0 Å². The first-order chi connectivity index (χ1) is 12.1. The highest BCUT2D eigenvalue weighted by Crippen LogP contribution is 2.33. The van der Waals surface area contributed by atoms with E-state index in [4.69, 9.17) is 4.74 Å². The normalized spacial score (nSPS) is 15.9. The number of benzene rings is 1. The first kappa shape index (κ1) is 20.3. The van der Waals surface area contributed by atoms with Crippen LogP contribution in [0.2, 0.25) is 0 Å². The van der Waals surface area contributed by atoms with Gasteiger partial charge in [-0.05, 0) is 63.6 Å². The number of hydrogen-bond acceptors (Lipinski definition) is 3. The molecule has 5 nitrogen and oxygen atoms in total. The molecule has 1 fully saturated rings. The summed E-state index contributed by atoms with van der Waals surface area (Å²) in [6, 6.07) is 6.08. The van der Waals surface area contributed by atoms with Gasteiger partial charge in [-0.2, -0.15) is 0 Å². The number of rotatable bonds is 3. The number of piperidine rings is 1. The van der Waals surface area contributed by atoms with E-state index in [2.05, 4.69) is 18.3 Å². The molecule has 0 unspecified atom stereocenters. The van der Waals surface area contributed by atoms with Gasteiger partial charge in [0.1, 0.15) is 5.60 Å². The molecular formula is C21H32N2O3. The van der Waals surface area contributed by atoms with Crippen LogP contribution in [-0.4, -0.2) is 35.6 Å². The molecule has 0 spiro atoms. The zero-order valence-corrected chi connectivity index (χ0v) is 16.9. The van der Waals surface area contributed by atoms with Gasteiger partial charge in [-0.25, -0.2) is 4.79 Å². The molecule has 2 amide bonds. The minimum Gasteiger partial charge on any atom is -0.444 e. The molecule has 0 saturated carbocycles. The summed E-state index contributed by atoms with van der Waals surface area (Å²) < 4.78 is 5.47. The van der Waals surface area contributed by atoms with E-state index in [0.717, 1.165) is 24.1 Å². The SMILES string of the molecule is Cc1c(NC(=O)C(C)C)cccc1C1CCN(C(=O)OC(C)(C)C)CC1. The summed E-state index contributed by atoms with van der Waals surface area (Å²) in [4.78, 5) is 26.0. The molecule has 0 bridgehead atoms. The Morgan fingerprint density at radius 2 is 1.81 bits per heavy atom. The molecule has 1 heterocycles. The van der Waals surface area contributed by atoms with Crippen LogP contribution in [0.3, 0.4) is 0 Å². The number of hydrogen-bond donors (Lipinski definition) is 1. The lowest BCUT2D eigenvalue weighted by molar-refractivity contribution is -0.118. The molecule has 1 saturated heterocycles. The van der Waals surface area contributed by atoms with Crippen LogP contribution < -0.4 is 5.32 Å². The summed E-state index contributed by atoms with van der Waals surface area (Å²) >= 11 is 0. The van der Waals surface area contributed by atoms with Crippen molar-refractivity contribution in [2.75, 3.05) is 18.4 Å². The van der Waals surface area contributed by atoms with Crippen molar-refractivity contribution in [1.29, 1.82) is 0 Å². The van der Waals surface area contributed by atoms with E-state index in [1.165, 1.54) is 5.56 Å². The Morgan fingerprint density at radius 3 is 2.35 bits per heavy atom. The van der Waals surface area contributed by atoms with Crippen LogP contribution in [0, 0.1) is 12.8 Å². The molecule has 0 aliphatic carbocycles. The molecule has 1 aliphatic heterocycles. The Bertz CT molecular complexity index is 654. The molecule has 1 aromatic rings. The van der Waals surface area contributed by atoms with Gasteiger partial charge in [-0.15, -0.1) is 0 Å². The van der Waals surface area contributed by atoms with Crippen LogP contribution in [0.5, 0.6) is 0 Å². The molecule has 0 aromatic heterocycles.